The summed E-state index contributed by atoms with van der Waals surface area (Å²) in [5.74, 6) is 0. The first-order valence-corrected chi connectivity index (χ1v) is 7.99. The number of carbonyl (C=O) groups is 1. The maximum atomic E-state index is 12.4. The molecule has 0 aromatic rings. The molecule has 0 saturated carbocycles. The molecule has 6 nitrogen and oxygen atoms in total. The molecule has 0 atom stereocenters. The lowest BCUT2D eigenvalue weighted by Crippen LogP contribution is -2.32. The number of amides is 1. The number of rotatable bonds is 9. The minimum absolute atomic E-state index is 0.255. The van der Waals surface area contributed by atoms with E-state index in [4.69, 9.17) is 9.05 Å². The van der Waals surface area contributed by atoms with Crippen molar-refractivity contribution >= 4 is 14.2 Å². The highest BCUT2D eigenvalue weighted by molar-refractivity contribution is 7.51. The van der Waals surface area contributed by atoms with Crippen molar-refractivity contribution in [1.82, 2.24) is 9.57 Å². The van der Waals surface area contributed by atoms with Crippen molar-refractivity contribution in [1.29, 1.82) is 0 Å². The van der Waals surface area contributed by atoms with Gasteiger partial charge in [-0.1, -0.05) is 0 Å². The maximum Gasteiger partial charge on any atom is 0.437 e. The Bertz CT molecular complexity index is 285. The van der Waals surface area contributed by atoms with E-state index < -0.39 is 7.75 Å². The highest BCUT2D eigenvalue weighted by atomic mass is 31.2. The van der Waals surface area contributed by atoms with Crippen LogP contribution in [0, 0.1) is 0 Å². The Morgan fingerprint density at radius 1 is 1.22 bits per heavy atom. The zero-order valence-electron chi connectivity index (χ0n) is 11.2. The highest BCUT2D eigenvalue weighted by Gasteiger charge is 2.32. The van der Waals surface area contributed by atoms with E-state index in [1.807, 2.05) is 0 Å². The van der Waals surface area contributed by atoms with Crippen molar-refractivity contribution in [2.24, 2.45) is 0 Å². The van der Waals surface area contributed by atoms with E-state index in [-0.39, 0.29) is 13.2 Å². The normalized spacial score (nSPS) is 17.0. The molecule has 0 N–H and O–H groups in total. The van der Waals surface area contributed by atoms with Crippen LogP contribution in [0.25, 0.3) is 0 Å². The Kier molecular flexibility index (Phi) is 6.86. The molecule has 106 valence electrons. The van der Waals surface area contributed by atoms with Crippen molar-refractivity contribution in [3.63, 3.8) is 0 Å². The Morgan fingerprint density at radius 2 is 1.78 bits per heavy atom. The molecular weight excluding hydrogens is 255 g/mol. The van der Waals surface area contributed by atoms with Gasteiger partial charge in [0.1, 0.15) is 0 Å². The van der Waals surface area contributed by atoms with Gasteiger partial charge in [0.05, 0.1) is 13.2 Å². The van der Waals surface area contributed by atoms with Gasteiger partial charge < -0.3 is 4.90 Å². The van der Waals surface area contributed by atoms with Gasteiger partial charge in [-0.25, -0.2) is 4.57 Å². The van der Waals surface area contributed by atoms with Crippen LogP contribution < -0.4 is 0 Å². The molecule has 1 amide bonds. The van der Waals surface area contributed by atoms with Gasteiger partial charge in [0, 0.05) is 13.1 Å². The standard InChI is InChI=1S/C11H23N2O4P/c1-3-16-18(15,17-4-2)13(11-14)10-9-12-7-5-6-8-12/h11H,3-10H2,1-2H3. The van der Waals surface area contributed by atoms with Crippen LogP contribution in [-0.4, -0.2) is 55.4 Å². The maximum absolute atomic E-state index is 12.4. The van der Waals surface area contributed by atoms with Gasteiger partial charge in [0.15, 0.2) is 0 Å². The average Bonchev–Trinajstić information content (AvgIpc) is 2.83. The van der Waals surface area contributed by atoms with Gasteiger partial charge in [-0.3, -0.25) is 18.5 Å². The van der Waals surface area contributed by atoms with Crippen molar-refractivity contribution in [3.8, 4) is 0 Å². The molecule has 0 radical (unpaired) electrons. The van der Waals surface area contributed by atoms with E-state index in [9.17, 15) is 9.36 Å². The molecule has 1 heterocycles. The average molecular weight is 278 g/mol. The van der Waals surface area contributed by atoms with Crippen LogP contribution in [0.1, 0.15) is 26.7 Å². The summed E-state index contributed by atoms with van der Waals surface area (Å²) in [7, 11) is -3.45. The molecule has 1 rings (SSSR count). The lowest BCUT2D eigenvalue weighted by molar-refractivity contribution is -0.115. The Morgan fingerprint density at radius 3 is 2.22 bits per heavy atom. The van der Waals surface area contributed by atoms with E-state index in [0.29, 0.717) is 19.5 Å². The lowest BCUT2D eigenvalue weighted by Gasteiger charge is -2.27. The topological polar surface area (TPSA) is 59.1 Å². The monoisotopic (exact) mass is 278 g/mol. The van der Waals surface area contributed by atoms with Crippen molar-refractivity contribution < 1.29 is 18.4 Å². The molecule has 1 aliphatic heterocycles. The van der Waals surface area contributed by atoms with Crippen LogP contribution in [0.4, 0.5) is 0 Å². The quantitative estimate of drug-likeness (QED) is 0.475. The number of hydrogen-bond acceptors (Lipinski definition) is 5. The van der Waals surface area contributed by atoms with Crippen molar-refractivity contribution in [2.45, 2.75) is 26.7 Å². The third kappa shape index (κ3) is 4.35. The number of likely N-dealkylation sites (tertiary alicyclic amines) is 1. The van der Waals surface area contributed by atoms with Crippen LogP contribution >= 0.6 is 7.75 Å². The van der Waals surface area contributed by atoms with Gasteiger partial charge >= 0.3 is 7.75 Å². The Hall–Kier alpha value is -0.420. The highest BCUT2D eigenvalue weighted by Crippen LogP contribution is 2.50. The summed E-state index contributed by atoms with van der Waals surface area (Å²) < 4.78 is 23.8. The molecule has 1 saturated heterocycles. The third-order valence-electron chi connectivity index (χ3n) is 2.86. The molecule has 0 spiro atoms. The molecule has 18 heavy (non-hydrogen) atoms. The summed E-state index contributed by atoms with van der Waals surface area (Å²) in [6.45, 7) is 7.14. The molecule has 0 aliphatic carbocycles. The molecule has 7 heteroatoms. The van der Waals surface area contributed by atoms with Crippen LogP contribution in [0.2, 0.25) is 0 Å². The summed E-state index contributed by atoms with van der Waals surface area (Å²) >= 11 is 0. The second-order valence-electron chi connectivity index (χ2n) is 4.12. The Balaban J connectivity index is 2.54. The number of hydrogen-bond donors (Lipinski definition) is 0. The first kappa shape index (κ1) is 15.6. The van der Waals surface area contributed by atoms with Gasteiger partial charge in [-0.2, -0.15) is 0 Å². The minimum atomic E-state index is -3.45. The van der Waals surface area contributed by atoms with E-state index in [1.54, 1.807) is 13.8 Å². The smallest absolute Gasteiger partial charge is 0.302 e. The lowest BCUT2D eigenvalue weighted by atomic mass is 10.4. The summed E-state index contributed by atoms with van der Waals surface area (Å²) in [4.78, 5) is 13.3. The van der Waals surface area contributed by atoms with Crippen LogP contribution in [0.15, 0.2) is 0 Å². The van der Waals surface area contributed by atoms with Gasteiger partial charge in [0.2, 0.25) is 6.41 Å². The summed E-state index contributed by atoms with van der Waals surface area (Å²) in [5, 5.41) is 0. The molecular formula is C11H23N2O4P. The molecule has 1 aliphatic rings. The molecule has 0 aromatic carbocycles. The van der Waals surface area contributed by atoms with Gasteiger partial charge in [-0.15, -0.1) is 0 Å². The zero-order valence-corrected chi connectivity index (χ0v) is 12.1. The van der Waals surface area contributed by atoms with E-state index in [0.717, 1.165) is 17.8 Å². The van der Waals surface area contributed by atoms with Crippen molar-refractivity contribution in [2.75, 3.05) is 39.4 Å². The zero-order chi connectivity index (χ0) is 13.4. The summed E-state index contributed by atoms with van der Waals surface area (Å²) in [6, 6.07) is 0. The molecule has 0 unspecified atom stereocenters. The number of carbonyl (C=O) groups excluding carboxylic acids is 1. The third-order valence-corrected chi connectivity index (χ3v) is 4.96. The Labute approximate surface area is 109 Å². The van der Waals surface area contributed by atoms with E-state index in [1.165, 1.54) is 12.8 Å². The largest absolute Gasteiger partial charge is 0.437 e. The summed E-state index contributed by atoms with van der Waals surface area (Å²) in [6.07, 6.45) is 2.94. The molecule has 0 bridgehead atoms. The fourth-order valence-electron chi connectivity index (χ4n) is 1.99. The minimum Gasteiger partial charge on any atom is -0.302 e. The van der Waals surface area contributed by atoms with Crippen LogP contribution in [0.5, 0.6) is 0 Å². The predicted molar refractivity (Wildman–Crippen MR) is 69.3 cm³/mol. The predicted octanol–water partition coefficient (Wildman–Crippen LogP) is 1.72. The number of nitrogens with zero attached hydrogens (tertiary/aromatic N) is 2. The SMILES string of the molecule is CCOP(=O)(OCC)N(C=O)CCN1CCCC1. The van der Waals surface area contributed by atoms with E-state index in [2.05, 4.69) is 4.90 Å². The van der Waals surface area contributed by atoms with Crippen LogP contribution in [-0.2, 0) is 18.4 Å². The second kappa shape index (κ2) is 7.89. The van der Waals surface area contributed by atoms with Gasteiger partial charge in [0.25, 0.3) is 0 Å². The van der Waals surface area contributed by atoms with E-state index >= 15 is 0 Å². The molecule has 1 fully saturated rings. The fraction of sp³-hybridized carbons (Fsp3) is 0.909. The first-order valence-electron chi connectivity index (χ1n) is 6.50. The second-order valence-corrected chi connectivity index (χ2v) is 6.09. The van der Waals surface area contributed by atoms with Gasteiger partial charge in [-0.05, 0) is 39.8 Å². The van der Waals surface area contributed by atoms with Crippen LogP contribution in [0.3, 0.4) is 0 Å². The van der Waals surface area contributed by atoms with Crippen molar-refractivity contribution in [3.05, 3.63) is 0 Å². The first-order chi connectivity index (χ1) is 8.66. The fourth-order valence-corrected chi connectivity index (χ4v) is 3.47. The summed E-state index contributed by atoms with van der Waals surface area (Å²) in [5.41, 5.74) is 0. The molecule has 0 aromatic heterocycles.